The Labute approximate surface area is 188 Å². The maximum absolute atomic E-state index is 14.6. The monoisotopic (exact) mass is 459 g/mol. The minimum Gasteiger partial charge on any atom is -0.239 e. The zero-order valence-electron chi connectivity index (χ0n) is 18.9. The summed E-state index contributed by atoms with van der Waals surface area (Å²) in [5.74, 6) is 0. The van der Waals surface area contributed by atoms with Crippen LogP contribution in [0.3, 0.4) is 0 Å². The van der Waals surface area contributed by atoms with Crippen molar-refractivity contribution in [2.75, 3.05) is 0 Å². The number of hydrogen-bond donors (Lipinski definition) is 0. The van der Waals surface area contributed by atoms with E-state index in [-0.39, 0.29) is 4.90 Å². The van der Waals surface area contributed by atoms with Gasteiger partial charge in [0.05, 0.1) is 9.79 Å². The van der Waals surface area contributed by atoms with Gasteiger partial charge in [-0.2, -0.15) is 8.42 Å². The zero-order valence-corrected chi connectivity index (χ0v) is 20.6. The largest absolute Gasteiger partial charge is 0.290 e. The van der Waals surface area contributed by atoms with Crippen LogP contribution < -0.4 is 0 Å². The van der Waals surface area contributed by atoms with Crippen molar-refractivity contribution >= 4 is 19.8 Å². The highest BCUT2D eigenvalue weighted by molar-refractivity contribution is 8.05. The van der Waals surface area contributed by atoms with Gasteiger partial charge in [-0.3, -0.25) is 0 Å². The van der Waals surface area contributed by atoms with Gasteiger partial charge in [0.15, 0.2) is 0 Å². The molecule has 2 aromatic rings. The quantitative estimate of drug-likeness (QED) is 0.361. The Balaban J connectivity index is 2.88. The van der Waals surface area contributed by atoms with Crippen molar-refractivity contribution in [3.8, 4) is 0 Å². The van der Waals surface area contributed by atoms with Gasteiger partial charge < -0.3 is 0 Å². The van der Waals surface area contributed by atoms with Crippen molar-refractivity contribution in [3.05, 3.63) is 82.8 Å². The summed E-state index contributed by atoms with van der Waals surface area (Å²) in [6.07, 6.45) is 5.39. The Hall–Kier alpha value is -2.18. The number of sulfonamides is 1. The minimum atomic E-state index is -4.14. The first-order valence-corrected chi connectivity index (χ1v) is 13.6. The SMILES string of the molecule is C=CC/C(=C(\CC)CCCC)[S@@](=O)(=NS(=O)(=O)c1ccc(C)cc1)c1ccc(C)cc1. The van der Waals surface area contributed by atoms with Gasteiger partial charge in [0, 0.05) is 4.91 Å². The lowest BCUT2D eigenvalue weighted by molar-refractivity contribution is 0.598. The Morgan fingerprint density at radius 1 is 0.903 bits per heavy atom. The van der Waals surface area contributed by atoms with Crippen LogP contribution in [0.5, 0.6) is 0 Å². The molecule has 0 N–H and O–H groups in total. The molecule has 4 nitrogen and oxygen atoms in total. The molecule has 0 aliphatic carbocycles. The van der Waals surface area contributed by atoms with E-state index >= 15 is 0 Å². The molecule has 2 rings (SSSR count). The fourth-order valence-corrected chi connectivity index (χ4v) is 7.74. The Bertz CT molecular complexity index is 1150. The van der Waals surface area contributed by atoms with Crippen LogP contribution in [0, 0.1) is 13.8 Å². The van der Waals surface area contributed by atoms with Crippen molar-refractivity contribution in [2.24, 2.45) is 3.77 Å². The van der Waals surface area contributed by atoms with Crippen molar-refractivity contribution in [1.82, 2.24) is 0 Å². The lowest BCUT2D eigenvalue weighted by atomic mass is 10.1. The lowest BCUT2D eigenvalue weighted by Gasteiger charge is -2.18. The minimum absolute atomic E-state index is 0.0440. The van der Waals surface area contributed by atoms with Crippen LogP contribution in [-0.2, 0) is 19.8 Å². The first kappa shape index (κ1) is 25.1. The third-order valence-corrected chi connectivity index (χ3v) is 9.71. The summed E-state index contributed by atoms with van der Waals surface area (Å²) < 4.78 is 45.2. The summed E-state index contributed by atoms with van der Waals surface area (Å²) >= 11 is 0. The second-order valence-electron chi connectivity index (χ2n) is 7.68. The van der Waals surface area contributed by atoms with E-state index in [9.17, 15) is 12.6 Å². The van der Waals surface area contributed by atoms with E-state index < -0.39 is 19.8 Å². The van der Waals surface area contributed by atoms with Crippen molar-refractivity contribution in [3.63, 3.8) is 0 Å². The van der Waals surface area contributed by atoms with Gasteiger partial charge in [-0.1, -0.05) is 71.1 Å². The van der Waals surface area contributed by atoms with E-state index in [4.69, 9.17) is 0 Å². The summed E-state index contributed by atoms with van der Waals surface area (Å²) in [6, 6.07) is 13.6. The van der Waals surface area contributed by atoms with Crippen LogP contribution in [0.15, 0.2) is 85.2 Å². The third-order valence-electron chi connectivity index (χ3n) is 5.18. The summed E-state index contributed by atoms with van der Waals surface area (Å²) in [4.78, 5) is 1.02. The molecule has 0 aliphatic heterocycles. The van der Waals surface area contributed by atoms with Gasteiger partial charge >= 0.3 is 0 Å². The standard InChI is InChI=1S/C25H33NO3S2/c1-6-9-11-22(8-3)25(10-7-2)30(27,23-16-12-20(4)13-17-23)26-31(28,29)24-18-14-21(5)15-19-24/h7,12-19H,2,6,8-11H2,1,3-5H3/b25-22-/t30-/m1/s1. The number of hydrogen-bond acceptors (Lipinski definition) is 3. The molecule has 0 spiro atoms. The molecular formula is C25H33NO3S2. The predicted octanol–water partition coefficient (Wildman–Crippen LogP) is 6.95. The predicted molar refractivity (Wildman–Crippen MR) is 130 cm³/mol. The Kier molecular flexibility index (Phi) is 8.83. The topological polar surface area (TPSA) is 63.6 Å². The molecule has 0 unspecified atom stereocenters. The number of nitrogens with zero attached hydrogens (tertiary/aromatic N) is 1. The average Bonchev–Trinajstić information content (AvgIpc) is 2.73. The number of unbranched alkanes of at least 4 members (excludes halogenated alkanes) is 1. The molecule has 0 heterocycles. The Morgan fingerprint density at radius 3 is 1.87 bits per heavy atom. The van der Waals surface area contributed by atoms with E-state index in [2.05, 4.69) is 17.3 Å². The molecule has 31 heavy (non-hydrogen) atoms. The van der Waals surface area contributed by atoms with Gasteiger partial charge in [-0.25, -0.2) is 4.21 Å². The van der Waals surface area contributed by atoms with E-state index in [1.807, 2.05) is 32.9 Å². The highest BCUT2D eigenvalue weighted by Gasteiger charge is 2.26. The lowest BCUT2D eigenvalue weighted by Crippen LogP contribution is -2.12. The van der Waals surface area contributed by atoms with E-state index in [0.717, 1.165) is 36.0 Å². The summed E-state index contributed by atoms with van der Waals surface area (Å²) in [7, 11) is -7.54. The van der Waals surface area contributed by atoms with Crippen LogP contribution in [0.1, 0.15) is 57.1 Å². The molecule has 0 bridgehead atoms. The van der Waals surface area contributed by atoms with E-state index in [1.165, 1.54) is 12.1 Å². The molecule has 0 aliphatic rings. The second kappa shape index (κ2) is 10.9. The summed E-state index contributed by atoms with van der Waals surface area (Å²) in [5.41, 5.74) is 2.94. The number of aryl methyl sites for hydroxylation is 2. The first-order valence-electron chi connectivity index (χ1n) is 10.7. The third kappa shape index (κ3) is 6.17. The molecule has 0 fully saturated rings. The second-order valence-corrected chi connectivity index (χ2v) is 11.7. The van der Waals surface area contributed by atoms with E-state index in [1.54, 1.807) is 30.3 Å². The Morgan fingerprint density at radius 2 is 1.42 bits per heavy atom. The molecule has 0 saturated carbocycles. The first-order chi connectivity index (χ1) is 14.7. The van der Waals surface area contributed by atoms with Gasteiger partial charge in [0.1, 0.15) is 9.73 Å². The number of allylic oxidation sites excluding steroid dienone is 3. The smallest absolute Gasteiger partial charge is 0.239 e. The molecule has 168 valence electrons. The van der Waals surface area contributed by atoms with Crippen LogP contribution >= 0.6 is 0 Å². The molecule has 6 heteroatoms. The molecule has 0 radical (unpaired) electrons. The maximum Gasteiger partial charge on any atom is 0.290 e. The van der Waals surface area contributed by atoms with Crippen LogP contribution in [0.4, 0.5) is 0 Å². The fourth-order valence-electron chi connectivity index (χ4n) is 3.33. The maximum atomic E-state index is 14.6. The zero-order chi connectivity index (χ0) is 23.1. The van der Waals surface area contributed by atoms with Gasteiger partial charge in [0.2, 0.25) is 0 Å². The molecule has 0 amide bonds. The van der Waals surface area contributed by atoms with Gasteiger partial charge in [-0.15, -0.1) is 6.58 Å². The summed E-state index contributed by atoms with van der Waals surface area (Å²) in [6.45, 7) is 11.8. The molecule has 0 aromatic heterocycles. The van der Waals surface area contributed by atoms with Crippen LogP contribution in [0.25, 0.3) is 0 Å². The molecule has 1 atom stereocenters. The van der Waals surface area contributed by atoms with Crippen LogP contribution in [-0.4, -0.2) is 12.6 Å². The molecule has 0 saturated heterocycles. The number of rotatable bonds is 10. The highest BCUT2D eigenvalue weighted by Crippen LogP contribution is 2.33. The van der Waals surface area contributed by atoms with Crippen molar-refractivity contribution in [1.29, 1.82) is 0 Å². The molecule has 2 aromatic carbocycles. The highest BCUT2D eigenvalue weighted by atomic mass is 32.3. The van der Waals surface area contributed by atoms with Crippen molar-refractivity contribution in [2.45, 2.75) is 69.6 Å². The van der Waals surface area contributed by atoms with E-state index in [0.29, 0.717) is 22.6 Å². The van der Waals surface area contributed by atoms with Gasteiger partial charge in [0.25, 0.3) is 10.0 Å². The summed E-state index contributed by atoms with van der Waals surface area (Å²) in [5, 5.41) is 0. The van der Waals surface area contributed by atoms with Crippen molar-refractivity contribution < 1.29 is 12.6 Å². The van der Waals surface area contributed by atoms with Gasteiger partial charge in [-0.05, 0) is 63.8 Å². The van der Waals surface area contributed by atoms with Crippen LogP contribution in [0.2, 0.25) is 0 Å². The molecular weight excluding hydrogens is 426 g/mol. The fraction of sp³-hybridized carbons (Fsp3) is 0.360. The number of benzene rings is 2. The average molecular weight is 460 g/mol. The normalized spacial score (nSPS) is 14.5.